The number of ether oxygens (including phenoxy) is 2. The number of carbonyl (C=O) groups is 1. The first-order chi connectivity index (χ1) is 13.6. The van der Waals surface area contributed by atoms with E-state index in [4.69, 9.17) is 21.1 Å². The van der Waals surface area contributed by atoms with Gasteiger partial charge in [0, 0.05) is 11.1 Å². The van der Waals surface area contributed by atoms with Gasteiger partial charge in [-0.25, -0.2) is 0 Å². The number of rotatable bonds is 7. The predicted octanol–water partition coefficient (Wildman–Crippen LogP) is 5.53. The molecular formula is C23H19ClO4. The van der Waals surface area contributed by atoms with Crippen molar-refractivity contribution >= 4 is 23.5 Å². The molecule has 142 valence electrons. The van der Waals surface area contributed by atoms with Gasteiger partial charge in [-0.3, -0.25) is 4.79 Å². The Morgan fingerprint density at radius 1 is 1.04 bits per heavy atom. The second kappa shape index (κ2) is 9.11. The molecule has 0 radical (unpaired) electrons. The molecular weight excluding hydrogens is 376 g/mol. The molecule has 0 atom stereocenters. The van der Waals surface area contributed by atoms with Crippen LogP contribution in [0.3, 0.4) is 0 Å². The van der Waals surface area contributed by atoms with Crippen molar-refractivity contribution in [1.29, 1.82) is 0 Å². The molecule has 0 heterocycles. The Kier molecular flexibility index (Phi) is 6.35. The van der Waals surface area contributed by atoms with Crippen molar-refractivity contribution in [2.75, 3.05) is 7.11 Å². The molecule has 3 aromatic carbocycles. The van der Waals surface area contributed by atoms with E-state index in [2.05, 4.69) is 0 Å². The highest BCUT2D eigenvalue weighted by molar-refractivity contribution is 6.32. The van der Waals surface area contributed by atoms with E-state index in [0.29, 0.717) is 22.1 Å². The third-order valence-corrected chi connectivity index (χ3v) is 4.39. The lowest BCUT2D eigenvalue weighted by Crippen LogP contribution is -2.00. The van der Waals surface area contributed by atoms with Crippen LogP contribution in [0.15, 0.2) is 72.8 Å². The first kappa shape index (κ1) is 19.5. The van der Waals surface area contributed by atoms with Gasteiger partial charge in [-0.15, -0.1) is 0 Å². The number of ketones is 1. The maximum Gasteiger partial charge on any atom is 0.185 e. The molecule has 0 amide bonds. The fourth-order valence-electron chi connectivity index (χ4n) is 2.66. The number of phenolic OH excluding ortho intramolecular Hbond substituents is 1. The van der Waals surface area contributed by atoms with E-state index in [1.807, 2.05) is 30.3 Å². The summed E-state index contributed by atoms with van der Waals surface area (Å²) >= 11 is 6.13. The Balaban J connectivity index is 1.76. The Bertz CT molecular complexity index is 1010. The lowest BCUT2D eigenvalue weighted by molar-refractivity contribution is 0.104. The minimum absolute atomic E-state index is 0.0581. The van der Waals surface area contributed by atoms with Crippen LogP contribution in [-0.2, 0) is 6.61 Å². The summed E-state index contributed by atoms with van der Waals surface area (Å²) < 4.78 is 11.2. The normalized spacial score (nSPS) is 10.8. The van der Waals surface area contributed by atoms with Crippen LogP contribution in [0.25, 0.3) is 6.08 Å². The van der Waals surface area contributed by atoms with Crippen LogP contribution in [0, 0.1) is 0 Å². The fourth-order valence-corrected chi connectivity index (χ4v) is 2.85. The summed E-state index contributed by atoms with van der Waals surface area (Å²) in [6.07, 6.45) is 3.18. The maximum atomic E-state index is 12.3. The highest BCUT2D eigenvalue weighted by atomic mass is 35.5. The molecule has 0 aliphatic rings. The van der Waals surface area contributed by atoms with Crippen LogP contribution in [0.4, 0.5) is 0 Å². The number of para-hydroxylation sites is 1. The molecule has 0 saturated heterocycles. The quantitative estimate of drug-likeness (QED) is 0.423. The van der Waals surface area contributed by atoms with E-state index in [1.165, 1.54) is 18.2 Å². The molecule has 0 unspecified atom stereocenters. The van der Waals surface area contributed by atoms with Crippen LogP contribution >= 0.6 is 11.6 Å². The van der Waals surface area contributed by atoms with Crippen LogP contribution in [0.1, 0.15) is 21.5 Å². The van der Waals surface area contributed by atoms with Gasteiger partial charge in [0.05, 0.1) is 12.1 Å². The van der Waals surface area contributed by atoms with Crippen molar-refractivity contribution in [2.24, 2.45) is 0 Å². The van der Waals surface area contributed by atoms with Gasteiger partial charge in [0.1, 0.15) is 23.9 Å². The first-order valence-electron chi connectivity index (χ1n) is 8.62. The highest BCUT2D eigenvalue weighted by Gasteiger charge is 2.07. The average Bonchev–Trinajstić information content (AvgIpc) is 2.71. The fraction of sp³-hybridized carbons (Fsp3) is 0.0870. The summed E-state index contributed by atoms with van der Waals surface area (Å²) in [5, 5.41) is 10.0. The van der Waals surface area contributed by atoms with Crippen molar-refractivity contribution in [1.82, 2.24) is 0 Å². The summed E-state index contributed by atoms with van der Waals surface area (Å²) in [6.45, 7) is 0.273. The molecule has 4 nitrogen and oxygen atoms in total. The van der Waals surface area contributed by atoms with Crippen molar-refractivity contribution < 1.29 is 19.4 Å². The summed E-state index contributed by atoms with van der Waals surface area (Å²) in [6, 6.07) is 19.1. The zero-order chi connectivity index (χ0) is 19.9. The van der Waals surface area contributed by atoms with Crippen LogP contribution in [0.2, 0.25) is 5.02 Å². The van der Waals surface area contributed by atoms with Crippen LogP contribution in [0.5, 0.6) is 17.2 Å². The van der Waals surface area contributed by atoms with E-state index in [1.54, 1.807) is 37.5 Å². The van der Waals surface area contributed by atoms with Gasteiger partial charge < -0.3 is 14.6 Å². The van der Waals surface area contributed by atoms with Crippen molar-refractivity contribution in [3.8, 4) is 17.2 Å². The van der Waals surface area contributed by atoms with Crippen molar-refractivity contribution in [2.45, 2.75) is 6.61 Å². The molecule has 0 aliphatic heterocycles. The lowest BCUT2D eigenvalue weighted by atomic mass is 10.1. The average molecular weight is 395 g/mol. The molecule has 0 saturated carbocycles. The Hall–Kier alpha value is -3.24. The van der Waals surface area contributed by atoms with Gasteiger partial charge in [0.2, 0.25) is 0 Å². The van der Waals surface area contributed by atoms with E-state index in [9.17, 15) is 9.90 Å². The topological polar surface area (TPSA) is 55.8 Å². The van der Waals surface area contributed by atoms with E-state index < -0.39 is 0 Å². The zero-order valence-electron chi connectivity index (χ0n) is 15.3. The summed E-state index contributed by atoms with van der Waals surface area (Å²) in [5.74, 6) is 1.14. The van der Waals surface area contributed by atoms with E-state index in [-0.39, 0.29) is 18.1 Å². The van der Waals surface area contributed by atoms with E-state index >= 15 is 0 Å². The molecule has 0 fully saturated rings. The molecule has 3 aromatic rings. The standard InChI is InChI=1S/C23H19ClO4/c1-27-22-12-10-16(9-11-21(26)17-5-4-6-19(25)14-17)13-18(22)15-28-23-8-3-2-7-20(23)24/h2-14,25H,15H2,1H3/b11-9+. The Morgan fingerprint density at radius 3 is 2.61 bits per heavy atom. The van der Waals surface area contributed by atoms with Gasteiger partial charge >= 0.3 is 0 Å². The van der Waals surface area contributed by atoms with Crippen molar-refractivity contribution in [3.63, 3.8) is 0 Å². The van der Waals surface area contributed by atoms with Crippen LogP contribution < -0.4 is 9.47 Å². The number of phenols is 1. The van der Waals surface area contributed by atoms with Gasteiger partial charge in [-0.2, -0.15) is 0 Å². The third kappa shape index (κ3) is 4.93. The minimum atomic E-state index is -0.194. The number of aromatic hydroxyl groups is 1. The molecule has 5 heteroatoms. The van der Waals surface area contributed by atoms with Gasteiger partial charge in [0.25, 0.3) is 0 Å². The zero-order valence-corrected chi connectivity index (χ0v) is 16.0. The molecule has 0 spiro atoms. The van der Waals surface area contributed by atoms with Crippen molar-refractivity contribution in [3.05, 3.63) is 94.5 Å². The third-order valence-electron chi connectivity index (χ3n) is 4.08. The molecule has 0 bridgehead atoms. The first-order valence-corrected chi connectivity index (χ1v) is 9.00. The second-order valence-electron chi connectivity index (χ2n) is 6.04. The molecule has 28 heavy (non-hydrogen) atoms. The maximum absolute atomic E-state index is 12.3. The van der Waals surface area contributed by atoms with E-state index in [0.717, 1.165) is 11.1 Å². The minimum Gasteiger partial charge on any atom is -0.508 e. The lowest BCUT2D eigenvalue weighted by Gasteiger charge is -2.12. The number of benzene rings is 3. The SMILES string of the molecule is COc1ccc(/C=C/C(=O)c2cccc(O)c2)cc1COc1ccccc1Cl. The smallest absolute Gasteiger partial charge is 0.185 e. The van der Waals surface area contributed by atoms with Crippen LogP contribution in [-0.4, -0.2) is 18.0 Å². The van der Waals surface area contributed by atoms with Gasteiger partial charge in [-0.05, 0) is 48.0 Å². The predicted molar refractivity (Wildman–Crippen MR) is 110 cm³/mol. The number of methoxy groups -OCH3 is 1. The second-order valence-corrected chi connectivity index (χ2v) is 6.45. The molecule has 1 N–H and O–H groups in total. The Morgan fingerprint density at radius 2 is 1.86 bits per heavy atom. The molecule has 0 aromatic heterocycles. The number of carbonyl (C=O) groups excluding carboxylic acids is 1. The number of halogens is 1. The summed E-state index contributed by atoms with van der Waals surface area (Å²) in [4.78, 5) is 12.3. The largest absolute Gasteiger partial charge is 0.508 e. The van der Waals surface area contributed by atoms with Gasteiger partial charge in [0.15, 0.2) is 5.78 Å². The molecule has 0 aliphatic carbocycles. The summed E-state index contributed by atoms with van der Waals surface area (Å²) in [5.41, 5.74) is 2.08. The number of allylic oxidation sites excluding steroid dienone is 1. The van der Waals surface area contributed by atoms with Gasteiger partial charge in [-0.1, -0.05) is 48.0 Å². The number of hydrogen-bond donors (Lipinski definition) is 1. The summed E-state index contributed by atoms with van der Waals surface area (Å²) in [7, 11) is 1.59. The number of hydrogen-bond acceptors (Lipinski definition) is 4. The Labute approximate surface area is 168 Å². The molecule has 3 rings (SSSR count). The monoisotopic (exact) mass is 394 g/mol. The highest BCUT2D eigenvalue weighted by Crippen LogP contribution is 2.27.